The van der Waals surface area contributed by atoms with Crippen molar-refractivity contribution in [3.63, 3.8) is 0 Å². The second kappa shape index (κ2) is 4.88. The second-order valence-electron chi connectivity index (χ2n) is 7.05. The van der Waals surface area contributed by atoms with Gasteiger partial charge < -0.3 is 0 Å². The van der Waals surface area contributed by atoms with Crippen LogP contribution in [-0.2, 0) is 6.54 Å². The summed E-state index contributed by atoms with van der Waals surface area (Å²) in [5, 5.41) is 0. The van der Waals surface area contributed by atoms with Gasteiger partial charge in [0.15, 0.2) is 0 Å². The minimum absolute atomic E-state index is 0.00675. The van der Waals surface area contributed by atoms with E-state index >= 15 is 0 Å². The largest absolute Gasteiger partial charge is 0.284 e. The number of imidazole rings is 1. The average molecular weight is 309 g/mol. The SMILES string of the molecule is Cc1n(C2CC2)c2c([n+]1CC(C)C)C(=O)c1ccccc1C2=O. The minimum atomic E-state index is -0.0154. The number of rotatable bonds is 3. The van der Waals surface area contributed by atoms with E-state index in [0.29, 0.717) is 34.5 Å². The molecule has 0 amide bonds. The molecule has 0 N–H and O–H groups in total. The first-order valence-corrected chi connectivity index (χ1v) is 8.33. The molecule has 0 bridgehead atoms. The Morgan fingerprint density at radius 3 is 2.30 bits per heavy atom. The molecular formula is C19H21N2O2+. The summed E-state index contributed by atoms with van der Waals surface area (Å²) in [6, 6.07) is 7.56. The molecule has 1 fully saturated rings. The van der Waals surface area contributed by atoms with Crippen LogP contribution in [0.3, 0.4) is 0 Å². The van der Waals surface area contributed by atoms with E-state index in [2.05, 4.69) is 23.0 Å². The molecule has 0 unspecified atom stereocenters. The highest BCUT2D eigenvalue weighted by Gasteiger charge is 2.46. The summed E-state index contributed by atoms with van der Waals surface area (Å²) in [5.41, 5.74) is 2.28. The summed E-state index contributed by atoms with van der Waals surface area (Å²) in [5.74, 6) is 1.42. The zero-order chi connectivity index (χ0) is 16.3. The third-order valence-corrected chi connectivity index (χ3v) is 4.78. The van der Waals surface area contributed by atoms with Crippen LogP contribution in [0.4, 0.5) is 0 Å². The summed E-state index contributed by atoms with van der Waals surface area (Å²) in [7, 11) is 0. The number of carbonyl (C=O) groups excluding carboxylic acids is 2. The van der Waals surface area contributed by atoms with Gasteiger partial charge in [0.05, 0.1) is 6.54 Å². The number of hydrogen-bond acceptors (Lipinski definition) is 2. The average Bonchev–Trinajstić information content (AvgIpc) is 3.31. The molecule has 118 valence electrons. The van der Waals surface area contributed by atoms with Gasteiger partial charge in [-0.3, -0.25) is 9.59 Å². The van der Waals surface area contributed by atoms with Crippen molar-refractivity contribution in [1.82, 2.24) is 4.57 Å². The van der Waals surface area contributed by atoms with Crippen LogP contribution in [0, 0.1) is 12.8 Å². The topological polar surface area (TPSA) is 43.0 Å². The molecule has 1 heterocycles. The predicted molar refractivity (Wildman–Crippen MR) is 85.8 cm³/mol. The van der Waals surface area contributed by atoms with Crippen LogP contribution in [0.2, 0.25) is 0 Å². The number of ketones is 2. The molecule has 23 heavy (non-hydrogen) atoms. The number of nitrogens with zero attached hydrogens (tertiary/aromatic N) is 2. The zero-order valence-electron chi connectivity index (χ0n) is 13.8. The molecule has 4 rings (SSSR count). The third kappa shape index (κ3) is 2.01. The fraction of sp³-hybridized carbons (Fsp3) is 0.421. The lowest BCUT2D eigenvalue weighted by Gasteiger charge is -2.13. The van der Waals surface area contributed by atoms with Crippen molar-refractivity contribution in [1.29, 1.82) is 0 Å². The predicted octanol–water partition coefficient (Wildman–Crippen LogP) is 2.85. The van der Waals surface area contributed by atoms with Gasteiger partial charge in [0, 0.05) is 18.1 Å². The lowest BCUT2D eigenvalue weighted by atomic mass is 9.90. The Bertz CT molecular complexity index is 841. The van der Waals surface area contributed by atoms with Gasteiger partial charge in [-0.1, -0.05) is 38.1 Å². The fourth-order valence-corrected chi connectivity index (χ4v) is 3.64. The monoisotopic (exact) mass is 309 g/mol. The Morgan fingerprint density at radius 2 is 1.74 bits per heavy atom. The summed E-state index contributed by atoms with van der Waals surface area (Å²) in [6.45, 7) is 7.06. The first-order valence-electron chi connectivity index (χ1n) is 8.33. The van der Waals surface area contributed by atoms with E-state index in [1.165, 1.54) is 0 Å². The van der Waals surface area contributed by atoms with Crippen LogP contribution in [0.1, 0.15) is 70.7 Å². The molecule has 2 aliphatic rings. The normalized spacial score (nSPS) is 16.7. The maximum Gasteiger partial charge on any atom is 0.254 e. The third-order valence-electron chi connectivity index (χ3n) is 4.78. The van der Waals surface area contributed by atoms with E-state index in [9.17, 15) is 9.59 Å². The number of benzene rings is 1. The van der Waals surface area contributed by atoms with Crippen LogP contribution in [0.15, 0.2) is 24.3 Å². The molecule has 4 nitrogen and oxygen atoms in total. The maximum absolute atomic E-state index is 13.1. The second-order valence-corrected chi connectivity index (χ2v) is 7.05. The Balaban J connectivity index is 2.01. The van der Waals surface area contributed by atoms with Gasteiger partial charge >= 0.3 is 0 Å². The van der Waals surface area contributed by atoms with E-state index in [4.69, 9.17) is 0 Å². The lowest BCUT2D eigenvalue weighted by Crippen LogP contribution is -2.44. The van der Waals surface area contributed by atoms with Crippen molar-refractivity contribution in [2.75, 3.05) is 0 Å². The Labute approximate surface area is 135 Å². The molecule has 0 aliphatic heterocycles. The van der Waals surface area contributed by atoms with Crippen molar-refractivity contribution in [2.24, 2.45) is 5.92 Å². The maximum atomic E-state index is 13.1. The Morgan fingerprint density at radius 1 is 1.13 bits per heavy atom. The van der Waals surface area contributed by atoms with Crippen molar-refractivity contribution in [3.05, 3.63) is 52.6 Å². The molecule has 2 aliphatic carbocycles. The highest BCUT2D eigenvalue weighted by Crippen LogP contribution is 2.39. The molecule has 1 aromatic heterocycles. The van der Waals surface area contributed by atoms with Crippen molar-refractivity contribution in [3.8, 4) is 0 Å². The lowest BCUT2D eigenvalue weighted by molar-refractivity contribution is -0.709. The van der Waals surface area contributed by atoms with E-state index in [1.807, 2.05) is 19.1 Å². The van der Waals surface area contributed by atoms with Crippen LogP contribution in [-0.4, -0.2) is 16.1 Å². The molecule has 0 spiro atoms. The summed E-state index contributed by atoms with van der Waals surface area (Å²) in [4.78, 5) is 26.1. The minimum Gasteiger partial charge on any atom is -0.284 e. The van der Waals surface area contributed by atoms with Gasteiger partial charge in [-0.25, -0.2) is 9.13 Å². The molecule has 4 heteroatoms. The van der Waals surface area contributed by atoms with E-state index in [-0.39, 0.29) is 11.6 Å². The molecule has 2 aromatic rings. The van der Waals surface area contributed by atoms with Crippen molar-refractivity contribution < 1.29 is 14.2 Å². The van der Waals surface area contributed by atoms with E-state index in [0.717, 1.165) is 25.2 Å². The summed E-state index contributed by atoms with van der Waals surface area (Å²) in [6.07, 6.45) is 2.18. The highest BCUT2D eigenvalue weighted by atomic mass is 16.1. The number of aromatic nitrogens is 2. The molecule has 0 saturated heterocycles. The van der Waals surface area contributed by atoms with Gasteiger partial charge in [-0.2, -0.15) is 0 Å². The van der Waals surface area contributed by atoms with Gasteiger partial charge in [0.1, 0.15) is 6.04 Å². The zero-order valence-corrected chi connectivity index (χ0v) is 13.8. The fourth-order valence-electron chi connectivity index (χ4n) is 3.64. The van der Waals surface area contributed by atoms with Gasteiger partial charge in [-0.15, -0.1) is 0 Å². The Hall–Kier alpha value is -2.23. The van der Waals surface area contributed by atoms with Gasteiger partial charge in [0.25, 0.3) is 5.82 Å². The van der Waals surface area contributed by atoms with Crippen molar-refractivity contribution in [2.45, 2.75) is 46.2 Å². The van der Waals surface area contributed by atoms with E-state index in [1.54, 1.807) is 12.1 Å². The molecular weight excluding hydrogens is 288 g/mol. The van der Waals surface area contributed by atoms with Gasteiger partial charge in [0.2, 0.25) is 23.0 Å². The summed E-state index contributed by atoms with van der Waals surface area (Å²) < 4.78 is 4.18. The van der Waals surface area contributed by atoms with Crippen LogP contribution < -0.4 is 4.57 Å². The Kier molecular flexibility index (Phi) is 3.05. The first-order chi connectivity index (χ1) is 11.0. The van der Waals surface area contributed by atoms with Crippen molar-refractivity contribution >= 4 is 11.6 Å². The summed E-state index contributed by atoms with van der Waals surface area (Å²) >= 11 is 0. The highest BCUT2D eigenvalue weighted by molar-refractivity contribution is 6.26. The van der Waals surface area contributed by atoms with Crippen LogP contribution in [0.5, 0.6) is 0 Å². The molecule has 1 saturated carbocycles. The molecule has 0 radical (unpaired) electrons. The standard InChI is InChI=1S/C19H21N2O2/c1-11(2)10-20-12(3)21(13-8-9-13)17-16(20)18(22)14-6-4-5-7-15(14)19(17)23/h4-7,11,13H,8-10H2,1-3H3/q+1. The number of fused-ring (bicyclic) bond motifs is 2. The number of carbonyl (C=O) groups is 2. The van der Waals surface area contributed by atoms with Crippen LogP contribution >= 0.6 is 0 Å². The van der Waals surface area contributed by atoms with Crippen LogP contribution in [0.25, 0.3) is 0 Å². The van der Waals surface area contributed by atoms with E-state index < -0.39 is 0 Å². The molecule has 1 aromatic carbocycles. The quantitative estimate of drug-likeness (QED) is 0.698. The smallest absolute Gasteiger partial charge is 0.254 e. The first kappa shape index (κ1) is 14.4. The molecule has 0 atom stereocenters. The van der Waals surface area contributed by atoms with Gasteiger partial charge in [-0.05, 0) is 18.8 Å². The number of hydrogen-bond donors (Lipinski definition) is 0.